The molecule has 9 heteroatoms. The maximum Gasteiger partial charge on any atom is 0.194 e. The predicted molar refractivity (Wildman–Crippen MR) is 141 cm³/mol. The van der Waals surface area contributed by atoms with Gasteiger partial charge in [0.05, 0.1) is 33.5 Å². The molecule has 0 aliphatic carbocycles. The molecule has 2 aliphatic rings. The van der Waals surface area contributed by atoms with Gasteiger partial charge in [0.15, 0.2) is 5.96 Å². The van der Waals surface area contributed by atoms with Crippen LogP contribution in [0.15, 0.2) is 47.6 Å². The van der Waals surface area contributed by atoms with E-state index < -0.39 is 0 Å². The first kappa shape index (κ1) is 26.2. The first-order chi connectivity index (χ1) is 16.2. The Labute approximate surface area is 213 Å². The average molecular weight is 534 g/mol. The third-order valence-electron chi connectivity index (χ3n) is 5.99. The molecular weight excluding hydrogens is 498 g/mol. The molecule has 0 unspecified atom stereocenters. The summed E-state index contributed by atoms with van der Waals surface area (Å²) in [5.74, 6) is 2.87. The van der Waals surface area contributed by atoms with Crippen molar-refractivity contribution in [1.29, 1.82) is 0 Å². The van der Waals surface area contributed by atoms with Crippen LogP contribution in [0.5, 0.6) is 5.75 Å². The Morgan fingerprint density at radius 3 is 2.62 bits per heavy atom. The van der Waals surface area contributed by atoms with Crippen molar-refractivity contribution in [1.82, 2.24) is 15.2 Å². The fraction of sp³-hybridized carbons (Fsp3) is 0.520. The highest BCUT2D eigenvalue weighted by atomic mass is 79.9. The van der Waals surface area contributed by atoms with Crippen LogP contribution in [0.25, 0.3) is 0 Å². The van der Waals surface area contributed by atoms with E-state index in [1.807, 2.05) is 24.4 Å². The van der Waals surface area contributed by atoms with Crippen LogP contribution in [0.3, 0.4) is 0 Å². The summed E-state index contributed by atoms with van der Waals surface area (Å²) in [6.07, 6.45) is 2.82. The quantitative estimate of drug-likeness (QED) is 0.433. The lowest BCUT2D eigenvalue weighted by Crippen LogP contribution is -2.53. The summed E-state index contributed by atoms with van der Waals surface area (Å²) in [4.78, 5) is 14.1. The van der Waals surface area contributed by atoms with Crippen LogP contribution < -0.4 is 15.0 Å². The number of anilines is 1. The van der Waals surface area contributed by atoms with Gasteiger partial charge in [0, 0.05) is 38.9 Å². The van der Waals surface area contributed by atoms with Crippen molar-refractivity contribution < 1.29 is 14.2 Å². The molecule has 1 aromatic carbocycles. The molecule has 0 saturated carbocycles. The molecule has 4 rings (SSSR count). The van der Waals surface area contributed by atoms with Crippen LogP contribution in [0, 0.1) is 6.92 Å². The minimum Gasteiger partial charge on any atom is -0.497 e. The number of piperazine rings is 1. The van der Waals surface area contributed by atoms with E-state index in [0.717, 1.165) is 56.7 Å². The summed E-state index contributed by atoms with van der Waals surface area (Å²) < 4.78 is 16.6. The zero-order chi connectivity index (χ0) is 22.9. The van der Waals surface area contributed by atoms with Gasteiger partial charge in [-0.25, -0.2) is 4.98 Å². The van der Waals surface area contributed by atoms with E-state index in [1.54, 1.807) is 7.11 Å². The number of methoxy groups -OCH3 is 1. The SMILES string of the molecule is Br.COc1ccc(CCNC(=NC[C@@H]2COCCO2)N2CCN(c3cc(C)ccn3)CC2)cc1. The molecule has 0 amide bonds. The summed E-state index contributed by atoms with van der Waals surface area (Å²) in [6, 6.07) is 12.4. The number of aromatic nitrogens is 1. The van der Waals surface area contributed by atoms with E-state index >= 15 is 0 Å². The molecule has 0 radical (unpaired) electrons. The second kappa shape index (κ2) is 13.5. The molecule has 1 atom stereocenters. The summed E-state index contributed by atoms with van der Waals surface area (Å²) in [5, 5.41) is 3.58. The molecule has 1 N–H and O–H groups in total. The van der Waals surface area contributed by atoms with Gasteiger partial charge in [-0.15, -0.1) is 17.0 Å². The topological polar surface area (TPSA) is 71.5 Å². The van der Waals surface area contributed by atoms with Crippen LogP contribution >= 0.6 is 17.0 Å². The number of benzene rings is 1. The predicted octanol–water partition coefficient (Wildman–Crippen LogP) is 2.70. The molecule has 2 aromatic rings. The van der Waals surface area contributed by atoms with Gasteiger partial charge in [-0.05, 0) is 48.7 Å². The first-order valence-electron chi connectivity index (χ1n) is 11.7. The summed E-state index contributed by atoms with van der Waals surface area (Å²) >= 11 is 0. The number of nitrogens with zero attached hydrogens (tertiary/aromatic N) is 4. The highest BCUT2D eigenvalue weighted by Crippen LogP contribution is 2.15. The Hall–Kier alpha value is -2.36. The Balaban J connectivity index is 0.00000324. The van der Waals surface area contributed by atoms with Crippen molar-refractivity contribution in [2.24, 2.45) is 4.99 Å². The summed E-state index contributed by atoms with van der Waals surface area (Å²) in [5.41, 5.74) is 2.50. The number of pyridine rings is 1. The van der Waals surface area contributed by atoms with Crippen LogP contribution in [0.2, 0.25) is 0 Å². The molecular formula is C25H36BrN5O3. The second-order valence-electron chi connectivity index (χ2n) is 8.42. The number of rotatable bonds is 7. The van der Waals surface area contributed by atoms with Crippen molar-refractivity contribution in [3.8, 4) is 5.75 Å². The van der Waals surface area contributed by atoms with Gasteiger partial charge in [0.25, 0.3) is 0 Å². The fourth-order valence-corrected chi connectivity index (χ4v) is 4.05. The van der Waals surface area contributed by atoms with Gasteiger partial charge in [-0.2, -0.15) is 0 Å². The zero-order valence-electron chi connectivity index (χ0n) is 20.1. The zero-order valence-corrected chi connectivity index (χ0v) is 21.8. The van der Waals surface area contributed by atoms with Gasteiger partial charge in [0.1, 0.15) is 17.7 Å². The number of hydrogen-bond donors (Lipinski definition) is 1. The monoisotopic (exact) mass is 533 g/mol. The van der Waals surface area contributed by atoms with Crippen molar-refractivity contribution in [3.63, 3.8) is 0 Å². The minimum atomic E-state index is 0. The number of guanidine groups is 1. The molecule has 8 nitrogen and oxygen atoms in total. The lowest BCUT2D eigenvalue weighted by Gasteiger charge is -2.37. The third kappa shape index (κ3) is 7.58. The second-order valence-corrected chi connectivity index (χ2v) is 8.42. The Bertz CT molecular complexity index is 898. The molecule has 0 spiro atoms. The van der Waals surface area contributed by atoms with Crippen molar-refractivity contribution >= 4 is 28.8 Å². The average Bonchev–Trinajstić information content (AvgIpc) is 2.87. The molecule has 1 aromatic heterocycles. The van der Waals surface area contributed by atoms with Gasteiger partial charge in [0.2, 0.25) is 0 Å². The van der Waals surface area contributed by atoms with Gasteiger partial charge in [-0.1, -0.05) is 12.1 Å². The fourth-order valence-electron chi connectivity index (χ4n) is 4.05. The number of halogens is 1. The third-order valence-corrected chi connectivity index (χ3v) is 5.99. The van der Waals surface area contributed by atoms with Crippen molar-refractivity contribution in [2.45, 2.75) is 19.4 Å². The molecule has 2 fully saturated rings. The lowest BCUT2D eigenvalue weighted by molar-refractivity contribution is -0.0833. The molecule has 34 heavy (non-hydrogen) atoms. The number of ether oxygens (including phenoxy) is 3. The maximum atomic E-state index is 5.79. The highest BCUT2D eigenvalue weighted by Gasteiger charge is 2.22. The lowest BCUT2D eigenvalue weighted by atomic mass is 10.1. The highest BCUT2D eigenvalue weighted by molar-refractivity contribution is 8.93. The van der Waals surface area contributed by atoms with E-state index in [2.05, 4.69) is 45.2 Å². The number of aryl methyl sites for hydroxylation is 1. The smallest absolute Gasteiger partial charge is 0.194 e. The van der Waals surface area contributed by atoms with Crippen LogP contribution in [-0.4, -0.2) is 88.1 Å². The molecule has 2 aliphatic heterocycles. The van der Waals surface area contributed by atoms with E-state index in [1.165, 1.54) is 11.1 Å². The molecule has 2 saturated heterocycles. The number of hydrogen-bond acceptors (Lipinski definition) is 6. The van der Waals surface area contributed by atoms with E-state index in [-0.39, 0.29) is 23.1 Å². The minimum absolute atomic E-state index is 0. The van der Waals surface area contributed by atoms with E-state index in [0.29, 0.717) is 26.4 Å². The van der Waals surface area contributed by atoms with E-state index in [9.17, 15) is 0 Å². The van der Waals surface area contributed by atoms with Gasteiger partial charge >= 0.3 is 0 Å². The Morgan fingerprint density at radius 2 is 1.94 bits per heavy atom. The Kier molecular flexibility index (Phi) is 10.4. The van der Waals surface area contributed by atoms with Crippen LogP contribution in [0.1, 0.15) is 11.1 Å². The van der Waals surface area contributed by atoms with E-state index in [4.69, 9.17) is 19.2 Å². The van der Waals surface area contributed by atoms with Crippen molar-refractivity contribution in [2.75, 3.05) is 71.1 Å². The van der Waals surface area contributed by atoms with Crippen LogP contribution in [0.4, 0.5) is 5.82 Å². The van der Waals surface area contributed by atoms with Gasteiger partial charge < -0.3 is 29.3 Å². The van der Waals surface area contributed by atoms with Gasteiger partial charge in [-0.3, -0.25) is 4.99 Å². The van der Waals surface area contributed by atoms with Crippen molar-refractivity contribution in [3.05, 3.63) is 53.7 Å². The maximum absolute atomic E-state index is 5.79. The molecule has 3 heterocycles. The number of aliphatic imine (C=N–C) groups is 1. The Morgan fingerprint density at radius 1 is 1.15 bits per heavy atom. The largest absolute Gasteiger partial charge is 0.497 e. The standard InChI is InChI=1S/C25H35N5O3.BrH/c1-20-7-9-26-24(17-20)29-11-13-30(14-12-29)25(28-18-23-19-32-15-16-33-23)27-10-8-21-3-5-22(31-2)6-4-21;/h3-7,9,17,23H,8,10-16,18-19H2,1-2H3,(H,27,28);1H/t23-;/m1./s1. The molecule has 186 valence electrons. The number of nitrogens with one attached hydrogen (secondary N) is 1. The summed E-state index contributed by atoms with van der Waals surface area (Å²) in [6.45, 7) is 9.06. The normalized spacial score (nSPS) is 18.9. The molecule has 0 bridgehead atoms. The first-order valence-corrected chi connectivity index (χ1v) is 11.7. The summed E-state index contributed by atoms with van der Waals surface area (Å²) in [7, 11) is 1.69. The van der Waals surface area contributed by atoms with Crippen LogP contribution in [-0.2, 0) is 15.9 Å².